The summed E-state index contributed by atoms with van der Waals surface area (Å²) in [4.78, 5) is 12.4. The Morgan fingerprint density at radius 1 is 1.39 bits per heavy atom. The number of amides is 1. The number of aromatic nitrogens is 1. The van der Waals surface area contributed by atoms with Gasteiger partial charge in [0, 0.05) is 36.3 Å². The van der Waals surface area contributed by atoms with Gasteiger partial charge in [-0.25, -0.2) is 12.7 Å². The third-order valence-corrected chi connectivity index (χ3v) is 6.86. The average molecular weight is 353 g/mol. The van der Waals surface area contributed by atoms with Gasteiger partial charge < -0.3 is 5.32 Å². The summed E-state index contributed by atoms with van der Waals surface area (Å²) >= 11 is 1.42. The molecule has 0 bridgehead atoms. The number of carbonyl (C=O) groups is 1. The number of anilines is 1. The molecular formula is C15H19N3O3S2. The molecule has 1 aliphatic heterocycles. The lowest BCUT2D eigenvalue weighted by atomic mass is 9.97. The van der Waals surface area contributed by atoms with Crippen molar-refractivity contribution in [3.63, 3.8) is 0 Å². The number of nitrogens with zero attached hydrogens (tertiary/aromatic N) is 2. The lowest BCUT2D eigenvalue weighted by Crippen LogP contribution is -2.42. The molecule has 0 unspecified atom stereocenters. The first kappa shape index (κ1) is 16.4. The first-order chi connectivity index (χ1) is 11.0. The van der Waals surface area contributed by atoms with Crippen molar-refractivity contribution in [1.29, 1.82) is 0 Å². The molecule has 124 valence electrons. The normalized spacial score (nSPS) is 17.4. The Hall–Kier alpha value is -1.51. The van der Waals surface area contributed by atoms with E-state index in [1.165, 1.54) is 15.8 Å². The second kappa shape index (κ2) is 6.54. The van der Waals surface area contributed by atoms with Gasteiger partial charge in [-0.15, -0.1) is 0 Å². The van der Waals surface area contributed by atoms with Gasteiger partial charge in [0.05, 0.1) is 10.5 Å². The Morgan fingerprint density at radius 3 is 2.83 bits per heavy atom. The Kier molecular flexibility index (Phi) is 4.65. The zero-order valence-electron chi connectivity index (χ0n) is 12.9. The molecule has 0 spiro atoms. The van der Waals surface area contributed by atoms with E-state index >= 15 is 0 Å². The van der Waals surface area contributed by atoms with E-state index < -0.39 is 10.0 Å². The summed E-state index contributed by atoms with van der Waals surface area (Å²) in [6.45, 7) is 2.48. The SMILES string of the molecule is CCS(=O)(=O)N1CCC(C(=O)Nc2ccc3sncc3c2)CC1. The van der Waals surface area contributed by atoms with Crippen molar-refractivity contribution >= 4 is 43.2 Å². The zero-order valence-corrected chi connectivity index (χ0v) is 14.5. The minimum Gasteiger partial charge on any atom is -0.326 e. The van der Waals surface area contributed by atoms with Crippen LogP contribution in [0.2, 0.25) is 0 Å². The van der Waals surface area contributed by atoms with Crippen molar-refractivity contribution in [3.05, 3.63) is 24.4 Å². The Morgan fingerprint density at radius 2 is 2.13 bits per heavy atom. The highest BCUT2D eigenvalue weighted by molar-refractivity contribution is 7.89. The van der Waals surface area contributed by atoms with Crippen LogP contribution < -0.4 is 5.32 Å². The van der Waals surface area contributed by atoms with Crippen LogP contribution in [-0.2, 0) is 14.8 Å². The van der Waals surface area contributed by atoms with Crippen LogP contribution in [0, 0.1) is 5.92 Å². The second-order valence-electron chi connectivity index (χ2n) is 5.64. The number of piperidine rings is 1. The van der Waals surface area contributed by atoms with Gasteiger partial charge in [-0.3, -0.25) is 4.79 Å². The molecule has 6 nitrogen and oxygen atoms in total. The van der Waals surface area contributed by atoms with Crippen molar-refractivity contribution < 1.29 is 13.2 Å². The molecule has 1 aromatic heterocycles. The van der Waals surface area contributed by atoms with E-state index in [0.29, 0.717) is 25.9 Å². The van der Waals surface area contributed by atoms with Crippen LogP contribution in [0.15, 0.2) is 24.4 Å². The largest absolute Gasteiger partial charge is 0.326 e. The highest BCUT2D eigenvalue weighted by atomic mass is 32.2. The molecule has 2 heterocycles. The summed E-state index contributed by atoms with van der Waals surface area (Å²) in [7, 11) is -3.15. The van der Waals surface area contributed by atoms with E-state index in [4.69, 9.17) is 0 Å². The summed E-state index contributed by atoms with van der Waals surface area (Å²) in [6.07, 6.45) is 2.91. The fourth-order valence-corrected chi connectivity index (χ4v) is 4.53. The summed E-state index contributed by atoms with van der Waals surface area (Å²) in [5.41, 5.74) is 0.756. The number of benzene rings is 1. The molecule has 23 heavy (non-hydrogen) atoms. The van der Waals surface area contributed by atoms with E-state index in [1.807, 2.05) is 18.2 Å². The van der Waals surface area contributed by atoms with E-state index in [2.05, 4.69) is 9.69 Å². The third-order valence-electron chi connectivity index (χ3n) is 4.20. The molecule has 2 aromatic rings. The van der Waals surface area contributed by atoms with E-state index in [9.17, 15) is 13.2 Å². The first-order valence-electron chi connectivity index (χ1n) is 7.63. The van der Waals surface area contributed by atoms with Crippen molar-refractivity contribution in [2.75, 3.05) is 24.2 Å². The molecule has 1 aromatic carbocycles. The van der Waals surface area contributed by atoms with Crippen LogP contribution in [0.3, 0.4) is 0 Å². The molecule has 0 aliphatic carbocycles. The van der Waals surface area contributed by atoms with Crippen LogP contribution in [-0.4, -0.2) is 41.8 Å². The van der Waals surface area contributed by atoms with Crippen LogP contribution >= 0.6 is 11.5 Å². The summed E-state index contributed by atoms with van der Waals surface area (Å²) < 4.78 is 30.4. The van der Waals surface area contributed by atoms with E-state index in [0.717, 1.165) is 15.8 Å². The molecule has 1 saturated heterocycles. The number of hydrogen-bond donors (Lipinski definition) is 1. The van der Waals surface area contributed by atoms with E-state index in [1.54, 1.807) is 13.1 Å². The Bertz CT molecular complexity index is 808. The fraction of sp³-hybridized carbons (Fsp3) is 0.467. The van der Waals surface area contributed by atoms with Crippen molar-refractivity contribution in [2.45, 2.75) is 19.8 Å². The van der Waals surface area contributed by atoms with Gasteiger partial charge in [0.1, 0.15) is 0 Å². The van der Waals surface area contributed by atoms with Crippen molar-refractivity contribution in [1.82, 2.24) is 8.68 Å². The maximum Gasteiger partial charge on any atom is 0.227 e. The van der Waals surface area contributed by atoms with Crippen LogP contribution in [0.1, 0.15) is 19.8 Å². The van der Waals surface area contributed by atoms with E-state index in [-0.39, 0.29) is 17.6 Å². The monoisotopic (exact) mass is 353 g/mol. The standard InChI is InChI=1S/C15H19N3O3S2/c1-2-23(20,21)18-7-5-11(6-8-18)15(19)17-13-3-4-14-12(9-13)10-16-22-14/h3-4,9-11H,2,5-8H2,1H3,(H,17,19). The lowest BCUT2D eigenvalue weighted by molar-refractivity contribution is -0.120. The topological polar surface area (TPSA) is 79.4 Å². The summed E-state index contributed by atoms with van der Waals surface area (Å²) in [6, 6.07) is 5.72. The second-order valence-corrected chi connectivity index (χ2v) is 8.73. The summed E-state index contributed by atoms with van der Waals surface area (Å²) in [5.74, 6) is -0.0749. The molecule has 1 amide bonds. The average Bonchev–Trinajstić information content (AvgIpc) is 3.02. The molecule has 0 atom stereocenters. The van der Waals surface area contributed by atoms with Gasteiger partial charge in [-0.1, -0.05) is 0 Å². The molecule has 8 heteroatoms. The maximum atomic E-state index is 12.4. The first-order valence-corrected chi connectivity index (χ1v) is 10.0. The molecule has 3 rings (SSSR count). The maximum absolute atomic E-state index is 12.4. The molecule has 1 fully saturated rings. The third kappa shape index (κ3) is 3.54. The number of carbonyl (C=O) groups excluding carboxylic acids is 1. The molecular weight excluding hydrogens is 334 g/mol. The smallest absolute Gasteiger partial charge is 0.227 e. The van der Waals surface area contributed by atoms with Gasteiger partial charge in [0.15, 0.2) is 0 Å². The lowest BCUT2D eigenvalue weighted by Gasteiger charge is -2.30. The van der Waals surface area contributed by atoms with Gasteiger partial charge in [-0.2, -0.15) is 4.37 Å². The van der Waals surface area contributed by atoms with Gasteiger partial charge in [0.25, 0.3) is 0 Å². The molecule has 1 N–H and O–H groups in total. The minimum absolute atomic E-state index is 0.0407. The molecule has 1 aliphatic rings. The zero-order chi connectivity index (χ0) is 16.4. The highest BCUT2D eigenvalue weighted by Crippen LogP contribution is 2.24. The Labute approximate surface area is 139 Å². The van der Waals surface area contributed by atoms with Crippen molar-refractivity contribution in [2.24, 2.45) is 5.92 Å². The predicted octanol–water partition coefficient (Wildman–Crippen LogP) is 2.30. The van der Waals surface area contributed by atoms with Gasteiger partial charge in [0.2, 0.25) is 15.9 Å². The summed E-state index contributed by atoms with van der Waals surface area (Å²) in [5, 5.41) is 3.94. The van der Waals surface area contributed by atoms with Gasteiger partial charge in [-0.05, 0) is 49.5 Å². The van der Waals surface area contributed by atoms with Crippen LogP contribution in [0.4, 0.5) is 5.69 Å². The van der Waals surface area contributed by atoms with Gasteiger partial charge >= 0.3 is 0 Å². The quantitative estimate of drug-likeness (QED) is 0.915. The Balaban J connectivity index is 1.61. The number of fused-ring (bicyclic) bond motifs is 1. The predicted molar refractivity (Wildman–Crippen MR) is 92.0 cm³/mol. The fourth-order valence-electron chi connectivity index (χ4n) is 2.77. The van der Waals surface area contributed by atoms with Crippen LogP contribution in [0.5, 0.6) is 0 Å². The number of rotatable bonds is 4. The van der Waals surface area contributed by atoms with Crippen LogP contribution in [0.25, 0.3) is 10.1 Å². The molecule has 0 saturated carbocycles. The minimum atomic E-state index is -3.15. The number of hydrogen-bond acceptors (Lipinski definition) is 5. The van der Waals surface area contributed by atoms with Crippen molar-refractivity contribution in [3.8, 4) is 0 Å². The highest BCUT2D eigenvalue weighted by Gasteiger charge is 2.30. The number of sulfonamides is 1. The number of nitrogens with one attached hydrogen (secondary N) is 1. The molecule has 0 radical (unpaired) electrons.